The van der Waals surface area contributed by atoms with Crippen molar-refractivity contribution >= 4 is 23.5 Å². The fraction of sp³-hybridized carbons (Fsp3) is 0.222. The largest absolute Gasteiger partial charge is 0.481 e. The molecule has 1 atom stereocenters. The fourth-order valence-corrected chi connectivity index (χ4v) is 2.16. The van der Waals surface area contributed by atoms with Gasteiger partial charge < -0.3 is 15.2 Å². The summed E-state index contributed by atoms with van der Waals surface area (Å²) in [4.78, 5) is 22.9. The molecule has 0 saturated heterocycles. The second kappa shape index (κ2) is 7.84. The zero-order valence-corrected chi connectivity index (χ0v) is 14.1. The van der Waals surface area contributed by atoms with Crippen molar-refractivity contribution in [3.8, 4) is 5.75 Å². The molecule has 0 unspecified atom stereocenters. The van der Waals surface area contributed by atoms with Crippen LogP contribution in [0.3, 0.4) is 0 Å². The molecule has 0 aliphatic carbocycles. The first-order chi connectivity index (χ1) is 11.4. The number of amides is 1. The summed E-state index contributed by atoms with van der Waals surface area (Å²) in [7, 11) is 0. The number of hydrogen-bond acceptors (Lipinski definition) is 3. The molecule has 0 aliphatic heterocycles. The van der Waals surface area contributed by atoms with Crippen molar-refractivity contribution in [1.29, 1.82) is 0 Å². The van der Waals surface area contributed by atoms with Crippen molar-refractivity contribution in [1.82, 2.24) is 5.32 Å². The van der Waals surface area contributed by atoms with Crippen molar-refractivity contribution in [3.05, 3.63) is 64.2 Å². The molecular formula is C18H18ClNO4. The molecule has 6 heteroatoms. The average Bonchev–Trinajstić information content (AvgIpc) is 2.56. The molecule has 1 amide bonds. The summed E-state index contributed by atoms with van der Waals surface area (Å²) < 4.78 is 5.60. The van der Waals surface area contributed by atoms with Crippen LogP contribution >= 0.6 is 11.6 Å². The monoisotopic (exact) mass is 347 g/mol. The van der Waals surface area contributed by atoms with Crippen LogP contribution in [0.2, 0.25) is 5.02 Å². The number of carbonyl (C=O) groups is 2. The Morgan fingerprint density at radius 3 is 2.46 bits per heavy atom. The summed E-state index contributed by atoms with van der Waals surface area (Å²) in [6, 6.07) is 11.5. The van der Waals surface area contributed by atoms with Crippen LogP contribution in [0.5, 0.6) is 5.75 Å². The number of nitrogens with one attached hydrogen (secondary N) is 1. The lowest BCUT2D eigenvalue weighted by molar-refractivity contribution is -0.127. The van der Waals surface area contributed by atoms with Gasteiger partial charge in [0.15, 0.2) is 6.10 Å². The Hall–Kier alpha value is -2.53. The molecular weight excluding hydrogens is 330 g/mol. The molecule has 0 aliphatic rings. The van der Waals surface area contributed by atoms with Gasteiger partial charge in [-0.2, -0.15) is 0 Å². The minimum Gasteiger partial charge on any atom is -0.481 e. The maximum atomic E-state index is 12.1. The molecule has 0 heterocycles. The molecule has 0 bridgehead atoms. The third-order valence-electron chi connectivity index (χ3n) is 3.48. The van der Waals surface area contributed by atoms with Crippen molar-refractivity contribution in [2.45, 2.75) is 26.5 Å². The van der Waals surface area contributed by atoms with E-state index in [9.17, 15) is 9.59 Å². The van der Waals surface area contributed by atoms with Gasteiger partial charge in [-0.25, -0.2) is 4.79 Å². The first kappa shape index (κ1) is 17.8. The molecule has 2 rings (SSSR count). The minimum absolute atomic E-state index is 0.208. The third-order valence-corrected chi connectivity index (χ3v) is 3.90. The van der Waals surface area contributed by atoms with E-state index < -0.39 is 12.1 Å². The number of aromatic carboxylic acids is 1. The van der Waals surface area contributed by atoms with Crippen molar-refractivity contribution in [3.63, 3.8) is 0 Å². The second-order valence-electron chi connectivity index (χ2n) is 5.39. The molecule has 2 aromatic rings. The smallest absolute Gasteiger partial charge is 0.335 e. The zero-order chi connectivity index (χ0) is 17.7. The zero-order valence-electron chi connectivity index (χ0n) is 13.4. The van der Waals surface area contributed by atoms with Crippen LogP contribution < -0.4 is 10.1 Å². The summed E-state index contributed by atoms with van der Waals surface area (Å²) >= 11 is 5.96. The van der Waals surface area contributed by atoms with E-state index in [4.69, 9.17) is 21.4 Å². The number of hydrogen-bond donors (Lipinski definition) is 2. The predicted octanol–water partition coefficient (Wildman–Crippen LogP) is 3.43. The second-order valence-corrected chi connectivity index (χ2v) is 5.80. The minimum atomic E-state index is -0.981. The van der Waals surface area contributed by atoms with Gasteiger partial charge in [-0.3, -0.25) is 4.79 Å². The van der Waals surface area contributed by atoms with Crippen LogP contribution in [-0.4, -0.2) is 23.1 Å². The highest BCUT2D eigenvalue weighted by atomic mass is 35.5. The van der Waals surface area contributed by atoms with E-state index in [0.717, 1.165) is 11.1 Å². The van der Waals surface area contributed by atoms with Crippen LogP contribution in [-0.2, 0) is 11.3 Å². The van der Waals surface area contributed by atoms with E-state index >= 15 is 0 Å². The van der Waals surface area contributed by atoms with Crippen LogP contribution in [0, 0.1) is 6.92 Å². The Kier molecular flexibility index (Phi) is 5.82. The molecule has 0 fully saturated rings. The van der Waals surface area contributed by atoms with Gasteiger partial charge in [0.05, 0.1) is 5.56 Å². The Balaban J connectivity index is 1.89. The van der Waals surface area contributed by atoms with Crippen LogP contribution in [0.1, 0.15) is 28.4 Å². The Bertz CT molecular complexity index is 743. The molecule has 0 radical (unpaired) electrons. The fourth-order valence-electron chi connectivity index (χ4n) is 2.05. The van der Waals surface area contributed by atoms with Crippen LogP contribution in [0.25, 0.3) is 0 Å². The standard InChI is InChI=1S/C18H18ClNO4/c1-11-9-15(7-8-16(11)19)24-12(2)17(21)20-10-13-3-5-14(6-4-13)18(22)23/h3-9,12H,10H2,1-2H3,(H,20,21)(H,22,23)/t12-/m1/s1. The van der Waals surface area contributed by atoms with E-state index in [1.165, 1.54) is 12.1 Å². The Labute approximate surface area is 145 Å². The average molecular weight is 348 g/mol. The molecule has 2 N–H and O–H groups in total. The van der Waals surface area contributed by atoms with E-state index in [1.54, 1.807) is 37.3 Å². The highest BCUT2D eigenvalue weighted by Gasteiger charge is 2.14. The normalized spacial score (nSPS) is 11.6. The maximum absolute atomic E-state index is 12.1. The molecule has 0 saturated carbocycles. The molecule has 126 valence electrons. The highest BCUT2D eigenvalue weighted by Crippen LogP contribution is 2.21. The number of ether oxygens (including phenoxy) is 1. The summed E-state index contributed by atoms with van der Waals surface area (Å²) in [6.45, 7) is 3.82. The van der Waals surface area contributed by atoms with E-state index in [0.29, 0.717) is 17.3 Å². The van der Waals surface area contributed by atoms with Crippen molar-refractivity contribution in [2.24, 2.45) is 0 Å². The van der Waals surface area contributed by atoms with Gasteiger partial charge in [-0.1, -0.05) is 23.7 Å². The van der Waals surface area contributed by atoms with Gasteiger partial charge in [0.2, 0.25) is 0 Å². The number of aryl methyl sites for hydroxylation is 1. The number of carbonyl (C=O) groups excluding carboxylic acids is 1. The number of carboxylic acid groups (broad SMARTS) is 1. The van der Waals surface area contributed by atoms with Gasteiger partial charge in [-0.05, 0) is 55.3 Å². The summed E-state index contributed by atoms with van der Waals surface area (Å²) in [5.74, 6) is -0.666. The number of benzene rings is 2. The third kappa shape index (κ3) is 4.73. The predicted molar refractivity (Wildman–Crippen MR) is 91.5 cm³/mol. The van der Waals surface area contributed by atoms with Gasteiger partial charge in [-0.15, -0.1) is 0 Å². The Morgan fingerprint density at radius 2 is 1.88 bits per heavy atom. The SMILES string of the molecule is Cc1cc(O[C@H](C)C(=O)NCc2ccc(C(=O)O)cc2)ccc1Cl. The van der Waals surface area contributed by atoms with Crippen molar-refractivity contribution in [2.75, 3.05) is 0 Å². The van der Waals surface area contributed by atoms with Gasteiger partial charge in [0.1, 0.15) is 5.75 Å². The Morgan fingerprint density at radius 1 is 1.21 bits per heavy atom. The molecule has 2 aromatic carbocycles. The molecule has 0 aromatic heterocycles. The van der Waals surface area contributed by atoms with Crippen LogP contribution in [0.15, 0.2) is 42.5 Å². The topological polar surface area (TPSA) is 75.6 Å². The maximum Gasteiger partial charge on any atom is 0.335 e. The van der Waals surface area contributed by atoms with E-state index in [1.807, 2.05) is 6.92 Å². The number of rotatable bonds is 6. The number of halogens is 1. The first-order valence-electron chi connectivity index (χ1n) is 7.39. The lowest BCUT2D eigenvalue weighted by Crippen LogP contribution is -2.35. The summed E-state index contributed by atoms with van der Waals surface area (Å²) in [6.07, 6.45) is -0.663. The highest BCUT2D eigenvalue weighted by molar-refractivity contribution is 6.31. The quantitative estimate of drug-likeness (QED) is 0.839. The first-order valence-corrected chi connectivity index (χ1v) is 7.77. The lowest BCUT2D eigenvalue weighted by Gasteiger charge is -2.15. The summed E-state index contributed by atoms with van der Waals surface area (Å²) in [5, 5.41) is 12.2. The van der Waals surface area contributed by atoms with E-state index in [-0.39, 0.29) is 11.5 Å². The summed E-state index contributed by atoms with van der Waals surface area (Å²) in [5.41, 5.74) is 1.89. The molecule has 0 spiro atoms. The van der Waals surface area contributed by atoms with Crippen LogP contribution in [0.4, 0.5) is 0 Å². The van der Waals surface area contributed by atoms with E-state index in [2.05, 4.69) is 5.32 Å². The molecule has 24 heavy (non-hydrogen) atoms. The van der Waals surface area contributed by atoms with Gasteiger partial charge >= 0.3 is 5.97 Å². The number of carboxylic acids is 1. The van der Waals surface area contributed by atoms with Gasteiger partial charge in [0, 0.05) is 11.6 Å². The lowest BCUT2D eigenvalue weighted by atomic mass is 10.1. The van der Waals surface area contributed by atoms with Crippen molar-refractivity contribution < 1.29 is 19.4 Å². The van der Waals surface area contributed by atoms with Gasteiger partial charge in [0.25, 0.3) is 5.91 Å². The molecule has 5 nitrogen and oxygen atoms in total.